The number of hydrogen-bond acceptors (Lipinski definition) is 3. The van der Waals surface area contributed by atoms with E-state index in [1.54, 1.807) is 0 Å². The van der Waals surface area contributed by atoms with Crippen molar-refractivity contribution in [3.63, 3.8) is 0 Å². The van der Waals surface area contributed by atoms with Crippen molar-refractivity contribution in [1.29, 1.82) is 0 Å². The molecule has 2 rings (SSSR count). The zero-order valence-electron chi connectivity index (χ0n) is 10.5. The summed E-state index contributed by atoms with van der Waals surface area (Å²) in [6.07, 6.45) is 3.65. The van der Waals surface area contributed by atoms with Crippen LogP contribution in [-0.2, 0) is 11.3 Å². The van der Waals surface area contributed by atoms with Crippen LogP contribution in [0, 0.1) is 5.92 Å². The topological polar surface area (TPSA) is 39.9 Å². The first-order valence-electron chi connectivity index (χ1n) is 6.35. The Labute approximate surface area is 107 Å². The highest BCUT2D eigenvalue weighted by molar-refractivity contribution is 6.28. The minimum absolute atomic E-state index is 0.349. The molecule has 1 fully saturated rings. The van der Waals surface area contributed by atoms with Gasteiger partial charge in [0.2, 0.25) is 5.28 Å². The summed E-state index contributed by atoms with van der Waals surface area (Å²) in [6, 6.07) is 0. The molecule has 1 aromatic heterocycles. The fourth-order valence-corrected chi connectivity index (χ4v) is 2.00. The van der Waals surface area contributed by atoms with Crippen molar-refractivity contribution in [3.8, 4) is 0 Å². The normalized spacial score (nSPS) is 15.8. The summed E-state index contributed by atoms with van der Waals surface area (Å²) in [7, 11) is 0. The first-order valence-corrected chi connectivity index (χ1v) is 6.72. The van der Waals surface area contributed by atoms with Crippen molar-refractivity contribution < 1.29 is 4.74 Å². The Bertz CT molecular complexity index is 361. The van der Waals surface area contributed by atoms with Crippen molar-refractivity contribution in [2.45, 2.75) is 45.6 Å². The Kier molecular flexibility index (Phi) is 4.40. The number of hydrogen-bond donors (Lipinski definition) is 0. The lowest BCUT2D eigenvalue weighted by Crippen LogP contribution is -2.08. The fraction of sp³-hybridized carbons (Fsp3) is 0.833. The van der Waals surface area contributed by atoms with E-state index in [1.165, 1.54) is 12.8 Å². The summed E-state index contributed by atoms with van der Waals surface area (Å²) < 4.78 is 7.58. The van der Waals surface area contributed by atoms with Crippen LogP contribution in [0.3, 0.4) is 0 Å². The Morgan fingerprint density at radius 3 is 2.82 bits per heavy atom. The molecule has 1 heterocycles. The summed E-state index contributed by atoms with van der Waals surface area (Å²) in [6.45, 7) is 6.75. The van der Waals surface area contributed by atoms with Gasteiger partial charge < -0.3 is 9.30 Å². The van der Waals surface area contributed by atoms with Gasteiger partial charge in [0.1, 0.15) is 5.82 Å². The summed E-state index contributed by atoms with van der Waals surface area (Å²) in [5.41, 5.74) is 0. The van der Waals surface area contributed by atoms with Gasteiger partial charge in [-0.05, 0) is 36.8 Å². The van der Waals surface area contributed by atoms with Gasteiger partial charge in [-0.1, -0.05) is 13.8 Å². The Hall–Kier alpha value is -0.610. The number of nitrogens with zero attached hydrogens (tertiary/aromatic N) is 3. The van der Waals surface area contributed by atoms with Gasteiger partial charge in [0.05, 0.1) is 0 Å². The maximum absolute atomic E-state index is 6.01. The van der Waals surface area contributed by atoms with Crippen molar-refractivity contribution in [2.75, 3.05) is 13.2 Å². The van der Waals surface area contributed by atoms with Gasteiger partial charge in [0.25, 0.3) is 0 Å². The summed E-state index contributed by atoms with van der Waals surface area (Å²) in [4.78, 5) is 0. The molecular formula is C12H20ClN3O. The van der Waals surface area contributed by atoms with Gasteiger partial charge in [-0.2, -0.15) is 0 Å². The first kappa shape index (κ1) is 12.8. The zero-order valence-corrected chi connectivity index (χ0v) is 11.3. The van der Waals surface area contributed by atoms with Gasteiger partial charge in [0.15, 0.2) is 0 Å². The van der Waals surface area contributed by atoms with Crippen LogP contribution in [0.1, 0.15) is 44.9 Å². The molecule has 0 aromatic carbocycles. The number of rotatable bonds is 7. The van der Waals surface area contributed by atoms with E-state index in [-0.39, 0.29) is 0 Å². The van der Waals surface area contributed by atoms with E-state index in [1.807, 2.05) is 4.57 Å². The lowest BCUT2D eigenvalue weighted by atomic mass is 10.2. The van der Waals surface area contributed by atoms with Gasteiger partial charge >= 0.3 is 0 Å². The average Bonchev–Trinajstić information content (AvgIpc) is 3.03. The monoisotopic (exact) mass is 257 g/mol. The third-order valence-electron chi connectivity index (χ3n) is 2.97. The zero-order chi connectivity index (χ0) is 12.3. The fourth-order valence-electron chi connectivity index (χ4n) is 1.79. The molecule has 5 heteroatoms. The minimum Gasteiger partial charge on any atom is -0.381 e. The molecule has 1 saturated carbocycles. The number of ether oxygens (including phenoxy) is 1. The SMILES string of the molecule is CC(C)c1nnc(Cl)n1CCCOCC1CC1. The van der Waals surface area contributed by atoms with E-state index in [0.29, 0.717) is 11.2 Å². The van der Waals surface area contributed by atoms with Crippen LogP contribution in [-0.4, -0.2) is 28.0 Å². The molecular weight excluding hydrogens is 238 g/mol. The Morgan fingerprint density at radius 1 is 1.41 bits per heavy atom. The van der Waals surface area contributed by atoms with Crippen LogP contribution in [0.4, 0.5) is 0 Å². The maximum Gasteiger partial charge on any atom is 0.225 e. The first-order chi connectivity index (χ1) is 8.18. The van der Waals surface area contributed by atoms with Crippen LogP contribution < -0.4 is 0 Å². The third-order valence-corrected chi connectivity index (χ3v) is 3.25. The van der Waals surface area contributed by atoms with E-state index in [0.717, 1.165) is 37.9 Å². The molecule has 0 saturated heterocycles. The van der Waals surface area contributed by atoms with Crippen LogP contribution >= 0.6 is 11.6 Å². The molecule has 0 aliphatic heterocycles. The van der Waals surface area contributed by atoms with Gasteiger partial charge in [-0.15, -0.1) is 10.2 Å². The van der Waals surface area contributed by atoms with Gasteiger partial charge in [0, 0.05) is 25.7 Å². The predicted molar refractivity (Wildman–Crippen MR) is 67.3 cm³/mol. The molecule has 0 amide bonds. The molecule has 4 nitrogen and oxygen atoms in total. The molecule has 17 heavy (non-hydrogen) atoms. The lowest BCUT2D eigenvalue weighted by Gasteiger charge is -2.10. The van der Waals surface area contributed by atoms with Crippen molar-refractivity contribution >= 4 is 11.6 Å². The van der Waals surface area contributed by atoms with Crippen molar-refractivity contribution in [1.82, 2.24) is 14.8 Å². The lowest BCUT2D eigenvalue weighted by molar-refractivity contribution is 0.119. The highest BCUT2D eigenvalue weighted by Gasteiger charge is 2.21. The highest BCUT2D eigenvalue weighted by Crippen LogP contribution is 2.28. The number of halogens is 1. The summed E-state index contributed by atoms with van der Waals surface area (Å²) >= 11 is 6.01. The molecule has 0 radical (unpaired) electrons. The second kappa shape index (κ2) is 5.83. The van der Waals surface area contributed by atoms with E-state index in [4.69, 9.17) is 16.3 Å². The summed E-state index contributed by atoms with van der Waals surface area (Å²) in [5, 5.41) is 8.49. The van der Waals surface area contributed by atoms with Crippen LogP contribution in [0.5, 0.6) is 0 Å². The smallest absolute Gasteiger partial charge is 0.225 e. The van der Waals surface area contributed by atoms with Crippen LogP contribution in [0.25, 0.3) is 0 Å². The summed E-state index contributed by atoms with van der Waals surface area (Å²) in [5.74, 6) is 2.14. The van der Waals surface area contributed by atoms with Crippen LogP contribution in [0.15, 0.2) is 0 Å². The maximum atomic E-state index is 6.01. The van der Waals surface area contributed by atoms with Gasteiger partial charge in [-0.3, -0.25) is 0 Å². The third kappa shape index (κ3) is 3.68. The molecule has 0 N–H and O–H groups in total. The Balaban J connectivity index is 1.74. The molecule has 0 spiro atoms. The molecule has 96 valence electrons. The molecule has 1 aliphatic rings. The minimum atomic E-state index is 0.349. The van der Waals surface area contributed by atoms with Crippen LogP contribution in [0.2, 0.25) is 5.28 Å². The van der Waals surface area contributed by atoms with E-state index < -0.39 is 0 Å². The van der Waals surface area contributed by atoms with Crippen molar-refractivity contribution in [3.05, 3.63) is 11.1 Å². The standard InChI is InChI=1S/C12H20ClN3O/c1-9(2)11-14-15-12(13)16(11)6-3-7-17-8-10-4-5-10/h9-10H,3-8H2,1-2H3. The molecule has 1 aliphatic carbocycles. The quantitative estimate of drug-likeness (QED) is 0.705. The highest BCUT2D eigenvalue weighted by atomic mass is 35.5. The Morgan fingerprint density at radius 2 is 2.18 bits per heavy atom. The van der Waals surface area contributed by atoms with E-state index in [9.17, 15) is 0 Å². The van der Waals surface area contributed by atoms with Crippen molar-refractivity contribution in [2.24, 2.45) is 5.92 Å². The largest absolute Gasteiger partial charge is 0.381 e. The van der Waals surface area contributed by atoms with E-state index >= 15 is 0 Å². The molecule has 1 aromatic rings. The number of aromatic nitrogens is 3. The molecule has 0 unspecified atom stereocenters. The second-order valence-electron chi connectivity index (χ2n) is 5.01. The molecule has 0 bridgehead atoms. The second-order valence-corrected chi connectivity index (χ2v) is 5.34. The molecule has 0 atom stereocenters. The average molecular weight is 258 g/mol. The van der Waals surface area contributed by atoms with Gasteiger partial charge in [-0.25, -0.2) is 0 Å². The van der Waals surface area contributed by atoms with E-state index in [2.05, 4.69) is 24.0 Å². The predicted octanol–water partition coefficient (Wildman–Crippen LogP) is 2.87.